The van der Waals surface area contributed by atoms with Crippen LogP contribution in [-0.4, -0.2) is 25.6 Å². The van der Waals surface area contributed by atoms with Crippen molar-refractivity contribution in [3.63, 3.8) is 0 Å². The van der Waals surface area contributed by atoms with Gasteiger partial charge in [-0.05, 0) is 36.8 Å². The van der Waals surface area contributed by atoms with Gasteiger partial charge in [-0.15, -0.1) is 0 Å². The van der Waals surface area contributed by atoms with E-state index in [-0.39, 0.29) is 12.5 Å². The van der Waals surface area contributed by atoms with Gasteiger partial charge in [0, 0.05) is 24.8 Å². The molecule has 2 unspecified atom stereocenters. The third-order valence-electron chi connectivity index (χ3n) is 4.36. The first-order chi connectivity index (χ1) is 10.1. The molecule has 0 bridgehead atoms. The number of rotatable bonds is 5. The number of nitrogens with one attached hydrogen (secondary N) is 2. The number of ether oxygens (including phenoxy) is 1. The van der Waals surface area contributed by atoms with Gasteiger partial charge in [-0.3, -0.25) is 4.79 Å². The van der Waals surface area contributed by atoms with Gasteiger partial charge >= 0.3 is 0 Å². The quantitative estimate of drug-likeness (QED) is 0.876. The van der Waals surface area contributed by atoms with Crippen LogP contribution in [0.5, 0.6) is 5.75 Å². The number of likely N-dealkylation sites (N-methyl/N-ethyl adjacent to an activating group) is 1. The number of hydrogen-bond donors (Lipinski definition) is 2. The van der Waals surface area contributed by atoms with Crippen molar-refractivity contribution in [3.8, 4) is 5.75 Å². The Kier molecular flexibility index (Phi) is 5.48. The normalized spacial score (nSPS) is 25.2. The molecule has 0 aliphatic heterocycles. The number of carbonyl (C=O) groups excluding carboxylic acids is 1. The third-order valence-corrected chi connectivity index (χ3v) is 4.36. The van der Waals surface area contributed by atoms with Crippen molar-refractivity contribution in [3.05, 3.63) is 24.3 Å². The molecule has 0 aromatic heterocycles. The maximum Gasteiger partial charge on any atom is 0.257 e. The van der Waals surface area contributed by atoms with Crippen LogP contribution < -0.4 is 15.4 Å². The van der Waals surface area contributed by atoms with E-state index < -0.39 is 0 Å². The first kappa shape index (κ1) is 15.7. The summed E-state index contributed by atoms with van der Waals surface area (Å²) in [6.07, 6.45) is 3.90. The van der Waals surface area contributed by atoms with E-state index in [4.69, 9.17) is 4.74 Å². The minimum Gasteiger partial charge on any atom is -0.484 e. The van der Waals surface area contributed by atoms with Crippen molar-refractivity contribution < 1.29 is 9.53 Å². The molecule has 0 heterocycles. The van der Waals surface area contributed by atoms with Crippen LogP contribution in [0.4, 0.5) is 5.69 Å². The molecule has 1 saturated carbocycles. The van der Waals surface area contributed by atoms with Gasteiger partial charge in [-0.25, -0.2) is 0 Å². The summed E-state index contributed by atoms with van der Waals surface area (Å²) in [5, 5.41) is 6.19. The minimum atomic E-state index is -0.122. The van der Waals surface area contributed by atoms with Crippen LogP contribution in [0.3, 0.4) is 0 Å². The highest BCUT2D eigenvalue weighted by Gasteiger charge is 2.27. The summed E-state index contributed by atoms with van der Waals surface area (Å²) in [5.74, 6) is 1.97. The summed E-state index contributed by atoms with van der Waals surface area (Å²) in [6, 6.07) is 8.37. The Hall–Kier alpha value is -1.71. The van der Waals surface area contributed by atoms with Crippen LogP contribution in [0.25, 0.3) is 0 Å². The lowest BCUT2D eigenvalue weighted by molar-refractivity contribution is -0.122. The Morgan fingerprint density at radius 3 is 2.67 bits per heavy atom. The van der Waals surface area contributed by atoms with Gasteiger partial charge in [-0.1, -0.05) is 26.3 Å². The Labute approximate surface area is 127 Å². The zero-order valence-corrected chi connectivity index (χ0v) is 13.2. The first-order valence-corrected chi connectivity index (χ1v) is 7.80. The lowest BCUT2D eigenvalue weighted by Gasteiger charge is -2.36. The van der Waals surface area contributed by atoms with Gasteiger partial charge in [-0.2, -0.15) is 0 Å². The number of benzene rings is 1. The molecule has 2 atom stereocenters. The van der Waals surface area contributed by atoms with Gasteiger partial charge in [0.25, 0.3) is 5.91 Å². The van der Waals surface area contributed by atoms with Gasteiger partial charge in [0.05, 0.1) is 0 Å². The minimum absolute atomic E-state index is 0.0518. The van der Waals surface area contributed by atoms with Crippen LogP contribution in [0.2, 0.25) is 0 Å². The maximum absolute atomic E-state index is 11.2. The van der Waals surface area contributed by atoms with Crippen molar-refractivity contribution in [1.82, 2.24) is 5.32 Å². The fraction of sp³-hybridized carbons (Fsp3) is 0.588. The summed E-state index contributed by atoms with van der Waals surface area (Å²) in [6.45, 7) is 4.69. The van der Waals surface area contributed by atoms with Gasteiger partial charge in [0.1, 0.15) is 5.75 Å². The molecule has 0 saturated heterocycles. The zero-order chi connectivity index (χ0) is 15.2. The zero-order valence-electron chi connectivity index (χ0n) is 13.2. The summed E-state index contributed by atoms with van der Waals surface area (Å²) in [4.78, 5) is 11.2. The molecular weight excluding hydrogens is 264 g/mol. The van der Waals surface area contributed by atoms with Crippen molar-refractivity contribution in [2.45, 2.75) is 39.2 Å². The second-order valence-corrected chi connectivity index (χ2v) is 6.05. The van der Waals surface area contributed by atoms with E-state index in [1.54, 1.807) is 7.05 Å². The highest BCUT2D eigenvalue weighted by molar-refractivity contribution is 5.77. The topological polar surface area (TPSA) is 50.4 Å². The largest absolute Gasteiger partial charge is 0.484 e. The van der Waals surface area contributed by atoms with E-state index in [0.717, 1.165) is 11.4 Å². The summed E-state index contributed by atoms with van der Waals surface area (Å²) in [5.41, 5.74) is 1.06. The summed E-state index contributed by atoms with van der Waals surface area (Å²) in [7, 11) is 1.61. The van der Waals surface area contributed by atoms with Crippen LogP contribution in [-0.2, 0) is 4.79 Å². The van der Waals surface area contributed by atoms with Crippen molar-refractivity contribution >= 4 is 11.6 Å². The molecule has 1 aromatic carbocycles. The van der Waals surface area contributed by atoms with E-state index >= 15 is 0 Å². The molecule has 2 N–H and O–H groups in total. The number of amides is 1. The predicted octanol–water partition coefficient (Wildman–Crippen LogP) is 3.05. The number of anilines is 1. The lowest BCUT2D eigenvalue weighted by atomic mass is 9.78. The van der Waals surface area contributed by atoms with Crippen LogP contribution in [0, 0.1) is 11.8 Å². The molecule has 4 heteroatoms. The molecule has 1 aliphatic carbocycles. The molecular formula is C17H26N2O2. The molecule has 1 aliphatic rings. The molecule has 116 valence electrons. The smallest absolute Gasteiger partial charge is 0.257 e. The molecule has 1 amide bonds. The third kappa shape index (κ3) is 4.38. The van der Waals surface area contributed by atoms with Gasteiger partial charge < -0.3 is 15.4 Å². The predicted molar refractivity (Wildman–Crippen MR) is 85.6 cm³/mol. The van der Waals surface area contributed by atoms with E-state index in [0.29, 0.717) is 17.9 Å². The maximum atomic E-state index is 11.2. The average Bonchev–Trinajstić information content (AvgIpc) is 2.49. The SMILES string of the molecule is CNC(=O)COc1cccc(NC2C(C)CCCC2C)c1. The van der Waals surface area contributed by atoms with E-state index in [1.165, 1.54) is 19.3 Å². The summed E-state index contributed by atoms with van der Waals surface area (Å²) < 4.78 is 5.49. The molecule has 0 radical (unpaired) electrons. The Morgan fingerprint density at radius 1 is 1.29 bits per heavy atom. The van der Waals surface area contributed by atoms with Crippen LogP contribution in [0.1, 0.15) is 33.1 Å². The highest BCUT2D eigenvalue weighted by atomic mass is 16.5. The highest BCUT2D eigenvalue weighted by Crippen LogP contribution is 2.31. The van der Waals surface area contributed by atoms with Gasteiger partial charge in [0.2, 0.25) is 0 Å². The van der Waals surface area contributed by atoms with E-state index in [2.05, 4.69) is 30.5 Å². The standard InChI is InChI=1S/C17H26N2O2/c1-12-6-4-7-13(2)17(12)19-14-8-5-9-15(10-14)21-11-16(20)18-3/h5,8-10,12-13,17,19H,4,6-7,11H2,1-3H3,(H,18,20). The monoisotopic (exact) mass is 290 g/mol. The molecule has 21 heavy (non-hydrogen) atoms. The van der Waals surface area contributed by atoms with Crippen LogP contribution in [0.15, 0.2) is 24.3 Å². The number of carbonyl (C=O) groups is 1. The Morgan fingerprint density at radius 2 is 2.00 bits per heavy atom. The lowest BCUT2D eigenvalue weighted by Crippen LogP contribution is -2.37. The fourth-order valence-electron chi connectivity index (χ4n) is 3.06. The van der Waals surface area contributed by atoms with Crippen molar-refractivity contribution in [1.29, 1.82) is 0 Å². The van der Waals surface area contributed by atoms with Gasteiger partial charge in [0.15, 0.2) is 6.61 Å². The second-order valence-electron chi connectivity index (χ2n) is 6.05. The molecule has 1 aromatic rings. The molecule has 2 rings (SSSR count). The molecule has 1 fully saturated rings. The average molecular weight is 290 g/mol. The van der Waals surface area contributed by atoms with E-state index in [9.17, 15) is 4.79 Å². The number of hydrogen-bond acceptors (Lipinski definition) is 3. The van der Waals surface area contributed by atoms with E-state index in [1.807, 2.05) is 18.2 Å². The molecule has 0 spiro atoms. The molecule has 4 nitrogen and oxygen atoms in total. The second kappa shape index (κ2) is 7.34. The fourth-order valence-corrected chi connectivity index (χ4v) is 3.06. The van der Waals surface area contributed by atoms with Crippen molar-refractivity contribution in [2.75, 3.05) is 19.0 Å². The van der Waals surface area contributed by atoms with Crippen LogP contribution >= 0.6 is 0 Å². The Bertz CT molecular complexity index is 466. The first-order valence-electron chi connectivity index (χ1n) is 7.80. The van der Waals surface area contributed by atoms with Crippen molar-refractivity contribution in [2.24, 2.45) is 11.8 Å². The summed E-state index contributed by atoms with van der Waals surface area (Å²) >= 11 is 0. The Balaban J connectivity index is 1.98.